The summed E-state index contributed by atoms with van der Waals surface area (Å²) in [7, 11) is 4.86. The predicted octanol–water partition coefficient (Wildman–Crippen LogP) is 4.21. The van der Waals surface area contributed by atoms with Crippen molar-refractivity contribution in [3.8, 4) is 0 Å². The smallest absolute Gasteiger partial charge is 0.282 e. The van der Waals surface area contributed by atoms with Crippen molar-refractivity contribution >= 4 is 0 Å². The second-order valence-electron chi connectivity index (χ2n) is 6.00. The molecule has 110 valence electrons. The van der Waals surface area contributed by atoms with Crippen molar-refractivity contribution in [2.24, 2.45) is 11.3 Å². The molecule has 3 heteroatoms. The lowest BCUT2D eigenvalue weighted by atomic mass is 9.77. The van der Waals surface area contributed by atoms with E-state index in [2.05, 4.69) is 27.7 Å². The quantitative estimate of drug-likeness (QED) is 0.435. The van der Waals surface area contributed by atoms with Gasteiger partial charge in [0.25, 0.3) is 5.97 Å². The molecule has 0 radical (unpaired) electrons. The Morgan fingerprint density at radius 1 is 0.778 bits per heavy atom. The Morgan fingerprint density at radius 3 is 1.61 bits per heavy atom. The van der Waals surface area contributed by atoms with Crippen LogP contribution in [-0.2, 0) is 14.2 Å². The fourth-order valence-electron chi connectivity index (χ4n) is 1.94. The zero-order valence-electron chi connectivity index (χ0n) is 13.3. The summed E-state index contributed by atoms with van der Waals surface area (Å²) in [4.78, 5) is 0. The zero-order chi connectivity index (χ0) is 14.2. The first-order valence-corrected chi connectivity index (χ1v) is 6.99. The average molecular weight is 260 g/mol. The highest BCUT2D eigenvalue weighted by atomic mass is 16.9. The normalized spacial score (nSPS) is 13.3. The van der Waals surface area contributed by atoms with Crippen LogP contribution in [-0.4, -0.2) is 27.3 Å². The van der Waals surface area contributed by atoms with Crippen LogP contribution in [0.3, 0.4) is 0 Å². The van der Waals surface area contributed by atoms with Gasteiger partial charge in [-0.3, -0.25) is 0 Å². The van der Waals surface area contributed by atoms with Crippen molar-refractivity contribution in [3.63, 3.8) is 0 Å². The fraction of sp³-hybridized carbons (Fsp3) is 1.00. The SMILES string of the molecule is COC(CCCCCC(C)(C)C(C)C)(OC)OC. The third-order valence-corrected chi connectivity index (χ3v) is 4.30. The number of ether oxygens (including phenoxy) is 3. The minimum atomic E-state index is -0.854. The molecule has 0 rings (SSSR count). The van der Waals surface area contributed by atoms with Crippen LogP contribution in [0.2, 0.25) is 0 Å². The molecule has 0 saturated carbocycles. The highest BCUT2D eigenvalue weighted by Crippen LogP contribution is 2.32. The maximum atomic E-state index is 5.28. The molecule has 0 aromatic heterocycles. The number of hydrogen-bond donors (Lipinski definition) is 0. The first-order chi connectivity index (χ1) is 8.33. The lowest BCUT2D eigenvalue weighted by Crippen LogP contribution is -2.35. The lowest BCUT2D eigenvalue weighted by Gasteiger charge is -2.30. The summed E-state index contributed by atoms with van der Waals surface area (Å²) >= 11 is 0. The van der Waals surface area contributed by atoms with Crippen molar-refractivity contribution in [3.05, 3.63) is 0 Å². The van der Waals surface area contributed by atoms with Crippen molar-refractivity contribution in [1.82, 2.24) is 0 Å². The summed E-state index contributed by atoms with van der Waals surface area (Å²) in [6, 6.07) is 0. The zero-order valence-corrected chi connectivity index (χ0v) is 13.3. The summed E-state index contributed by atoms with van der Waals surface area (Å²) in [5, 5.41) is 0. The monoisotopic (exact) mass is 260 g/mol. The molecule has 0 aromatic carbocycles. The Hall–Kier alpha value is -0.120. The van der Waals surface area contributed by atoms with Crippen molar-refractivity contribution < 1.29 is 14.2 Å². The second-order valence-corrected chi connectivity index (χ2v) is 6.00. The predicted molar refractivity (Wildman–Crippen MR) is 75.5 cm³/mol. The molecule has 18 heavy (non-hydrogen) atoms. The number of hydrogen-bond acceptors (Lipinski definition) is 3. The summed E-state index contributed by atoms with van der Waals surface area (Å²) in [6.07, 6.45) is 5.54. The maximum Gasteiger partial charge on any atom is 0.282 e. The van der Waals surface area contributed by atoms with Crippen LogP contribution in [0.15, 0.2) is 0 Å². The van der Waals surface area contributed by atoms with Gasteiger partial charge in [-0.2, -0.15) is 0 Å². The van der Waals surface area contributed by atoms with Gasteiger partial charge in [0, 0.05) is 27.8 Å². The fourth-order valence-corrected chi connectivity index (χ4v) is 1.94. The maximum absolute atomic E-state index is 5.28. The van der Waals surface area contributed by atoms with Gasteiger partial charge in [-0.1, -0.05) is 40.5 Å². The van der Waals surface area contributed by atoms with E-state index in [1.807, 2.05) is 0 Å². The molecule has 0 heterocycles. The van der Waals surface area contributed by atoms with Crippen LogP contribution in [0, 0.1) is 11.3 Å². The van der Waals surface area contributed by atoms with Crippen LogP contribution in [0.4, 0.5) is 0 Å². The summed E-state index contributed by atoms with van der Waals surface area (Å²) < 4.78 is 15.8. The van der Waals surface area contributed by atoms with Gasteiger partial charge in [-0.25, -0.2) is 0 Å². The molecule has 0 aliphatic heterocycles. The van der Waals surface area contributed by atoms with Gasteiger partial charge in [0.15, 0.2) is 0 Å². The number of unbranched alkanes of at least 4 members (excludes halogenated alkanes) is 2. The van der Waals surface area contributed by atoms with E-state index in [9.17, 15) is 0 Å². The van der Waals surface area contributed by atoms with E-state index in [-0.39, 0.29) is 0 Å². The van der Waals surface area contributed by atoms with Crippen molar-refractivity contribution in [2.75, 3.05) is 21.3 Å². The molecule has 0 aliphatic rings. The molecule has 0 unspecified atom stereocenters. The molecular formula is C15H32O3. The van der Waals surface area contributed by atoms with Crippen molar-refractivity contribution in [2.45, 2.75) is 65.8 Å². The molecule has 0 bridgehead atoms. The highest BCUT2D eigenvalue weighted by molar-refractivity contribution is 4.72. The summed E-state index contributed by atoms with van der Waals surface area (Å²) in [5.74, 6) is -0.123. The summed E-state index contributed by atoms with van der Waals surface area (Å²) in [6.45, 7) is 9.29. The molecule has 0 amide bonds. The van der Waals surface area contributed by atoms with E-state index in [0.29, 0.717) is 5.41 Å². The van der Waals surface area contributed by atoms with Gasteiger partial charge < -0.3 is 14.2 Å². The Kier molecular flexibility index (Phi) is 8.08. The minimum absolute atomic E-state index is 0.431. The highest BCUT2D eigenvalue weighted by Gasteiger charge is 2.28. The molecule has 0 atom stereocenters. The van der Waals surface area contributed by atoms with E-state index in [0.717, 1.165) is 18.8 Å². The summed E-state index contributed by atoms with van der Waals surface area (Å²) in [5.41, 5.74) is 0.431. The average Bonchev–Trinajstić information content (AvgIpc) is 2.34. The Labute approximate surface area is 113 Å². The molecule has 0 fully saturated rings. The van der Waals surface area contributed by atoms with Crippen LogP contribution in [0.5, 0.6) is 0 Å². The van der Waals surface area contributed by atoms with Gasteiger partial charge in [0.1, 0.15) is 0 Å². The molecule has 0 N–H and O–H groups in total. The van der Waals surface area contributed by atoms with E-state index in [1.165, 1.54) is 19.3 Å². The third-order valence-electron chi connectivity index (χ3n) is 4.30. The van der Waals surface area contributed by atoms with Gasteiger partial charge in [-0.15, -0.1) is 0 Å². The Morgan fingerprint density at radius 2 is 1.22 bits per heavy atom. The van der Waals surface area contributed by atoms with E-state index < -0.39 is 5.97 Å². The van der Waals surface area contributed by atoms with E-state index in [4.69, 9.17) is 14.2 Å². The molecule has 0 aromatic rings. The van der Waals surface area contributed by atoms with E-state index in [1.54, 1.807) is 21.3 Å². The third kappa shape index (κ3) is 5.68. The Bertz CT molecular complexity index is 200. The van der Waals surface area contributed by atoms with Crippen LogP contribution in [0.25, 0.3) is 0 Å². The van der Waals surface area contributed by atoms with Gasteiger partial charge in [-0.05, 0) is 24.2 Å². The minimum Gasteiger partial charge on any atom is -0.331 e. The van der Waals surface area contributed by atoms with E-state index >= 15 is 0 Å². The van der Waals surface area contributed by atoms with Crippen LogP contribution in [0.1, 0.15) is 59.8 Å². The lowest BCUT2D eigenvalue weighted by molar-refractivity contribution is -0.355. The number of methoxy groups -OCH3 is 3. The molecule has 0 spiro atoms. The second kappa shape index (κ2) is 8.13. The Balaban J connectivity index is 3.87. The molecule has 0 saturated heterocycles. The van der Waals surface area contributed by atoms with Gasteiger partial charge in [0.2, 0.25) is 0 Å². The molecular weight excluding hydrogens is 228 g/mol. The van der Waals surface area contributed by atoms with Crippen LogP contribution < -0.4 is 0 Å². The topological polar surface area (TPSA) is 27.7 Å². The number of rotatable bonds is 10. The van der Waals surface area contributed by atoms with Crippen molar-refractivity contribution in [1.29, 1.82) is 0 Å². The van der Waals surface area contributed by atoms with Crippen LogP contribution >= 0.6 is 0 Å². The molecule has 3 nitrogen and oxygen atoms in total. The first-order valence-electron chi connectivity index (χ1n) is 6.99. The molecule has 0 aliphatic carbocycles. The van der Waals surface area contributed by atoms with Gasteiger partial charge in [0.05, 0.1) is 0 Å². The first kappa shape index (κ1) is 17.9. The largest absolute Gasteiger partial charge is 0.331 e. The standard InChI is InChI=1S/C15H32O3/c1-13(2)14(3,4)11-9-8-10-12-15(16-5,17-6)18-7/h13H,8-12H2,1-7H3. The van der Waals surface area contributed by atoms with Gasteiger partial charge >= 0.3 is 0 Å².